The molecule has 5 heteroatoms. The van der Waals surface area contributed by atoms with E-state index in [0.29, 0.717) is 19.3 Å². The number of nitrogens with zero attached hydrogens (tertiary/aromatic N) is 1. The molecule has 1 aromatic carbocycles. The molecule has 0 amide bonds. The lowest BCUT2D eigenvalue weighted by molar-refractivity contribution is 0.147. The van der Waals surface area contributed by atoms with Crippen molar-refractivity contribution < 1.29 is 14.1 Å². The number of hydrogen-bond donors (Lipinski definition) is 0. The molecule has 1 fully saturated rings. The van der Waals surface area contributed by atoms with Crippen LogP contribution in [0.5, 0.6) is 11.5 Å². The van der Waals surface area contributed by atoms with E-state index in [1.807, 2.05) is 24.3 Å². The first-order valence-electron chi connectivity index (χ1n) is 7.48. The van der Waals surface area contributed by atoms with E-state index in [1.54, 1.807) is 6.08 Å². The lowest BCUT2D eigenvalue weighted by atomic mass is 9.84. The van der Waals surface area contributed by atoms with Crippen molar-refractivity contribution in [1.29, 1.82) is 0 Å². The third-order valence-corrected chi connectivity index (χ3v) is 3.56. The van der Waals surface area contributed by atoms with Gasteiger partial charge in [0.05, 0.1) is 6.10 Å². The van der Waals surface area contributed by atoms with E-state index < -0.39 is 0 Å². The maximum absolute atomic E-state index is 5.92. The topological polar surface area (TPSA) is 30.9 Å². The van der Waals surface area contributed by atoms with E-state index in [9.17, 15) is 0 Å². The molecule has 1 aliphatic rings. The molecule has 1 unspecified atom stereocenters. The van der Waals surface area contributed by atoms with Gasteiger partial charge in [-0.1, -0.05) is 38.6 Å². The van der Waals surface area contributed by atoms with Crippen LogP contribution in [-0.4, -0.2) is 43.8 Å². The average molecular weight is 289 g/mol. The zero-order valence-electron chi connectivity index (χ0n) is 13.1. The number of para-hydroxylation sites is 2. The van der Waals surface area contributed by atoms with Gasteiger partial charge in [0.25, 0.3) is 0 Å². The molecule has 2 rings (SSSR count). The van der Waals surface area contributed by atoms with Crippen molar-refractivity contribution in [2.45, 2.75) is 32.8 Å². The predicted octanol–water partition coefficient (Wildman–Crippen LogP) is 2.86. The Morgan fingerprint density at radius 1 is 1.38 bits per heavy atom. The molecular weight excluding hydrogens is 265 g/mol. The SMILES string of the molecule is C=CCOc1ccccc1OCC1CN(C(C)C)B(C)O1. The van der Waals surface area contributed by atoms with Crippen molar-refractivity contribution in [1.82, 2.24) is 4.81 Å². The van der Waals surface area contributed by atoms with Crippen LogP contribution >= 0.6 is 0 Å². The predicted molar refractivity (Wildman–Crippen MR) is 86.0 cm³/mol. The van der Waals surface area contributed by atoms with Gasteiger partial charge in [-0.05, 0) is 25.0 Å². The highest BCUT2D eigenvalue weighted by atomic mass is 16.5. The normalized spacial score (nSPS) is 19.0. The van der Waals surface area contributed by atoms with Crippen molar-refractivity contribution in [3.05, 3.63) is 36.9 Å². The van der Waals surface area contributed by atoms with Gasteiger partial charge in [0.2, 0.25) is 0 Å². The van der Waals surface area contributed by atoms with E-state index in [2.05, 4.69) is 32.1 Å². The summed E-state index contributed by atoms with van der Waals surface area (Å²) >= 11 is 0. The van der Waals surface area contributed by atoms with Gasteiger partial charge in [0, 0.05) is 6.54 Å². The Bertz CT molecular complexity index is 467. The second-order valence-corrected chi connectivity index (χ2v) is 5.51. The molecule has 0 aliphatic carbocycles. The molecule has 4 nitrogen and oxygen atoms in total. The number of hydrogen-bond acceptors (Lipinski definition) is 4. The molecule has 1 aliphatic heterocycles. The van der Waals surface area contributed by atoms with Crippen LogP contribution < -0.4 is 9.47 Å². The van der Waals surface area contributed by atoms with E-state index in [-0.39, 0.29) is 13.2 Å². The van der Waals surface area contributed by atoms with Gasteiger partial charge in [0.1, 0.15) is 13.2 Å². The van der Waals surface area contributed by atoms with Crippen molar-refractivity contribution in [3.63, 3.8) is 0 Å². The molecule has 0 aromatic heterocycles. The van der Waals surface area contributed by atoms with Crippen molar-refractivity contribution in [3.8, 4) is 11.5 Å². The summed E-state index contributed by atoms with van der Waals surface area (Å²) in [6, 6.07) is 8.16. The Balaban J connectivity index is 1.90. The van der Waals surface area contributed by atoms with E-state index in [1.165, 1.54) is 0 Å². The van der Waals surface area contributed by atoms with E-state index in [4.69, 9.17) is 14.1 Å². The molecule has 1 heterocycles. The van der Waals surface area contributed by atoms with E-state index in [0.717, 1.165) is 18.0 Å². The van der Waals surface area contributed by atoms with Crippen molar-refractivity contribution in [2.75, 3.05) is 19.8 Å². The molecule has 21 heavy (non-hydrogen) atoms. The Labute approximate surface area is 127 Å². The maximum atomic E-state index is 5.92. The van der Waals surface area contributed by atoms with Crippen LogP contribution in [0.25, 0.3) is 0 Å². The Kier molecular flexibility index (Phi) is 5.71. The van der Waals surface area contributed by atoms with Crippen LogP contribution in [0, 0.1) is 0 Å². The first-order valence-corrected chi connectivity index (χ1v) is 7.48. The third kappa shape index (κ3) is 4.25. The molecule has 114 valence electrons. The fraction of sp³-hybridized carbons (Fsp3) is 0.500. The van der Waals surface area contributed by atoms with Gasteiger partial charge >= 0.3 is 7.05 Å². The highest BCUT2D eigenvalue weighted by Gasteiger charge is 2.35. The fourth-order valence-electron chi connectivity index (χ4n) is 2.53. The van der Waals surface area contributed by atoms with Crippen LogP contribution in [0.2, 0.25) is 6.82 Å². The molecule has 1 saturated heterocycles. The highest BCUT2D eigenvalue weighted by molar-refractivity contribution is 6.47. The zero-order chi connectivity index (χ0) is 15.2. The average Bonchev–Trinajstić information content (AvgIpc) is 2.85. The highest BCUT2D eigenvalue weighted by Crippen LogP contribution is 2.27. The summed E-state index contributed by atoms with van der Waals surface area (Å²) in [5.41, 5.74) is 0. The maximum Gasteiger partial charge on any atom is 0.379 e. The van der Waals surface area contributed by atoms with Gasteiger partial charge in [-0.2, -0.15) is 0 Å². The summed E-state index contributed by atoms with van der Waals surface area (Å²) in [4.78, 5) is 2.33. The van der Waals surface area contributed by atoms with Crippen LogP contribution in [-0.2, 0) is 4.65 Å². The number of rotatable bonds is 7. The van der Waals surface area contributed by atoms with Crippen molar-refractivity contribution >= 4 is 7.05 Å². The monoisotopic (exact) mass is 289 g/mol. The quantitative estimate of drug-likeness (QED) is 0.570. The number of ether oxygens (including phenoxy) is 2. The van der Waals surface area contributed by atoms with Crippen LogP contribution in [0.15, 0.2) is 36.9 Å². The molecule has 0 N–H and O–H groups in total. The van der Waals surface area contributed by atoms with Gasteiger partial charge in [-0.25, -0.2) is 0 Å². The summed E-state index contributed by atoms with van der Waals surface area (Å²) in [5, 5.41) is 0. The Morgan fingerprint density at radius 2 is 2.05 bits per heavy atom. The standard InChI is InChI=1S/C16H24BNO3/c1-5-10-19-15-8-6-7-9-16(15)20-12-14-11-18(13(2)3)17(4)21-14/h5-9,13-14H,1,10-12H2,2-4H3. The van der Waals surface area contributed by atoms with Crippen LogP contribution in [0.3, 0.4) is 0 Å². The molecule has 0 spiro atoms. The minimum absolute atomic E-state index is 0.0925. The lowest BCUT2D eigenvalue weighted by Gasteiger charge is -2.21. The second-order valence-electron chi connectivity index (χ2n) is 5.51. The van der Waals surface area contributed by atoms with Crippen LogP contribution in [0.4, 0.5) is 0 Å². The summed E-state index contributed by atoms with van der Waals surface area (Å²) in [6.45, 7) is 12.0. The third-order valence-electron chi connectivity index (χ3n) is 3.56. The van der Waals surface area contributed by atoms with Gasteiger partial charge in [-0.3, -0.25) is 0 Å². The Hall–Kier alpha value is -1.46. The molecule has 1 aromatic rings. The summed E-state index contributed by atoms with van der Waals surface area (Å²) < 4.78 is 17.4. The smallest absolute Gasteiger partial charge is 0.379 e. The molecule has 0 bridgehead atoms. The molecular formula is C16H24BNO3. The number of benzene rings is 1. The minimum atomic E-state index is 0.0925. The molecule has 0 radical (unpaired) electrons. The van der Waals surface area contributed by atoms with Crippen molar-refractivity contribution in [2.24, 2.45) is 0 Å². The summed E-state index contributed by atoms with van der Waals surface area (Å²) in [6.07, 6.45) is 1.81. The molecule has 0 saturated carbocycles. The second kappa shape index (κ2) is 7.52. The largest absolute Gasteiger partial charge is 0.487 e. The zero-order valence-corrected chi connectivity index (χ0v) is 13.1. The first kappa shape index (κ1) is 15.9. The van der Waals surface area contributed by atoms with Gasteiger partial charge in [0.15, 0.2) is 11.5 Å². The van der Waals surface area contributed by atoms with Gasteiger partial charge < -0.3 is 18.9 Å². The minimum Gasteiger partial charge on any atom is -0.487 e. The summed E-state index contributed by atoms with van der Waals surface area (Å²) in [7, 11) is 0.144. The summed E-state index contributed by atoms with van der Waals surface area (Å²) in [5.74, 6) is 1.49. The Morgan fingerprint density at radius 3 is 2.62 bits per heavy atom. The van der Waals surface area contributed by atoms with E-state index >= 15 is 0 Å². The molecule has 1 atom stereocenters. The first-order chi connectivity index (χ1) is 10.1. The van der Waals surface area contributed by atoms with Crippen LogP contribution in [0.1, 0.15) is 13.8 Å². The fourth-order valence-corrected chi connectivity index (χ4v) is 2.53. The lowest BCUT2D eigenvalue weighted by Crippen LogP contribution is -2.37. The van der Waals surface area contributed by atoms with Gasteiger partial charge in [-0.15, -0.1) is 0 Å².